The highest BCUT2D eigenvalue weighted by molar-refractivity contribution is 5.84. The van der Waals surface area contributed by atoms with E-state index in [4.69, 9.17) is 9.47 Å². The van der Waals surface area contributed by atoms with Crippen molar-refractivity contribution in [3.63, 3.8) is 0 Å². The van der Waals surface area contributed by atoms with Gasteiger partial charge in [-0.05, 0) is 32.1 Å². The monoisotopic (exact) mass is 240 g/mol. The minimum atomic E-state index is -0.664. The standard InChI is InChI=1S/C14H24O3/c1-4-6-11-7-5-9-14(10-8-11)13(2,17-14)12(15)16-3/h11H,4-10H2,1-3H3. The van der Waals surface area contributed by atoms with Gasteiger partial charge in [-0.1, -0.05) is 32.6 Å². The largest absolute Gasteiger partial charge is 0.467 e. The maximum absolute atomic E-state index is 11.7. The average Bonchev–Trinajstić information content (AvgIpc) is 2.98. The van der Waals surface area contributed by atoms with Crippen molar-refractivity contribution in [2.75, 3.05) is 7.11 Å². The van der Waals surface area contributed by atoms with E-state index in [-0.39, 0.29) is 11.6 Å². The van der Waals surface area contributed by atoms with Crippen LogP contribution in [0.2, 0.25) is 0 Å². The van der Waals surface area contributed by atoms with Crippen LogP contribution in [0.1, 0.15) is 58.8 Å². The van der Waals surface area contributed by atoms with E-state index in [2.05, 4.69) is 6.92 Å². The number of hydrogen-bond acceptors (Lipinski definition) is 3. The highest BCUT2D eigenvalue weighted by atomic mass is 16.7. The molecule has 1 saturated carbocycles. The van der Waals surface area contributed by atoms with Crippen molar-refractivity contribution in [3.05, 3.63) is 0 Å². The molecule has 2 aliphatic rings. The van der Waals surface area contributed by atoms with Gasteiger partial charge in [-0.25, -0.2) is 4.79 Å². The summed E-state index contributed by atoms with van der Waals surface area (Å²) in [5, 5.41) is 0. The Balaban J connectivity index is 1.98. The minimum Gasteiger partial charge on any atom is -0.467 e. The van der Waals surface area contributed by atoms with Crippen LogP contribution in [0.15, 0.2) is 0 Å². The van der Waals surface area contributed by atoms with Gasteiger partial charge in [0.1, 0.15) is 5.60 Å². The zero-order valence-electron chi connectivity index (χ0n) is 11.3. The van der Waals surface area contributed by atoms with E-state index in [9.17, 15) is 4.79 Å². The molecule has 2 fully saturated rings. The molecule has 1 aliphatic carbocycles. The number of carbonyl (C=O) groups excluding carboxylic acids is 1. The van der Waals surface area contributed by atoms with E-state index in [0.29, 0.717) is 0 Å². The first-order valence-electron chi connectivity index (χ1n) is 6.86. The Kier molecular flexibility index (Phi) is 3.48. The van der Waals surface area contributed by atoms with Crippen LogP contribution in [0.5, 0.6) is 0 Å². The van der Waals surface area contributed by atoms with E-state index >= 15 is 0 Å². The van der Waals surface area contributed by atoms with Gasteiger partial charge in [-0.15, -0.1) is 0 Å². The third-order valence-electron chi connectivity index (χ3n) is 4.65. The molecule has 1 spiro atoms. The minimum absolute atomic E-state index is 0.202. The number of carbonyl (C=O) groups is 1. The fourth-order valence-electron chi connectivity index (χ4n) is 3.45. The number of epoxide rings is 1. The SMILES string of the molecule is CCCC1CCCC2(CC1)OC2(C)C(=O)OC. The van der Waals surface area contributed by atoms with E-state index in [1.165, 1.54) is 39.2 Å². The molecular weight excluding hydrogens is 216 g/mol. The van der Waals surface area contributed by atoms with Gasteiger partial charge in [0.15, 0.2) is 5.60 Å². The van der Waals surface area contributed by atoms with Crippen molar-refractivity contribution in [1.29, 1.82) is 0 Å². The molecule has 17 heavy (non-hydrogen) atoms. The second-order valence-electron chi connectivity index (χ2n) is 5.71. The van der Waals surface area contributed by atoms with Crippen LogP contribution in [0, 0.1) is 5.92 Å². The quantitative estimate of drug-likeness (QED) is 0.562. The Morgan fingerprint density at radius 2 is 2.18 bits per heavy atom. The lowest BCUT2D eigenvalue weighted by Gasteiger charge is -2.14. The molecule has 1 saturated heterocycles. The topological polar surface area (TPSA) is 38.8 Å². The Labute approximate surface area is 104 Å². The molecule has 0 aromatic heterocycles. The zero-order valence-corrected chi connectivity index (χ0v) is 11.3. The highest BCUT2D eigenvalue weighted by Crippen LogP contribution is 2.56. The van der Waals surface area contributed by atoms with Gasteiger partial charge >= 0.3 is 5.97 Å². The normalized spacial score (nSPS) is 41.0. The van der Waals surface area contributed by atoms with Crippen molar-refractivity contribution in [2.45, 2.75) is 70.0 Å². The van der Waals surface area contributed by atoms with Crippen molar-refractivity contribution >= 4 is 5.97 Å². The summed E-state index contributed by atoms with van der Waals surface area (Å²) < 4.78 is 10.7. The molecule has 2 rings (SSSR count). The molecule has 1 heterocycles. The molecule has 0 aromatic rings. The van der Waals surface area contributed by atoms with Crippen LogP contribution >= 0.6 is 0 Å². The van der Waals surface area contributed by atoms with Gasteiger partial charge in [0.2, 0.25) is 0 Å². The molecule has 0 bridgehead atoms. The Hall–Kier alpha value is -0.570. The van der Waals surface area contributed by atoms with Gasteiger partial charge in [-0.2, -0.15) is 0 Å². The van der Waals surface area contributed by atoms with Crippen LogP contribution in [0.3, 0.4) is 0 Å². The van der Waals surface area contributed by atoms with E-state index in [1.807, 2.05) is 6.92 Å². The lowest BCUT2D eigenvalue weighted by Crippen LogP contribution is -2.32. The maximum atomic E-state index is 11.7. The van der Waals surface area contributed by atoms with Gasteiger partial charge in [0.25, 0.3) is 0 Å². The average molecular weight is 240 g/mol. The van der Waals surface area contributed by atoms with Crippen LogP contribution in [0.4, 0.5) is 0 Å². The fraction of sp³-hybridized carbons (Fsp3) is 0.929. The fourth-order valence-corrected chi connectivity index (χ4v) is 3.45. The predicted molar refractivity (Wildman–Crippen MR) is 65.7 cm³/mol. The van der Waals surface area contributed by atoms with Crippen LogP contribution in [-0.2, 0) is 14.3 Å². The Morgan fingerprint density at radius 1 is 1.41 bits per heavy atom. The summed E-state index contributed by atoms with van der Waals surface area (Å²) in [5.74, 6) is 0.622. The summed E-state index contributed by atoms with van der Waals surface area (Å²) in [6, 6.07) is 0. The third kappa shape index (κ3) is 2.10. The van der Waals surface area contributed by atoms with Gasteiger partial charge < -0.3 is 9.47 Å². The number of esters is 1. The van der Waals surface area contributed by atoms with Crippen molar-refractivity contribution < 1.29 is 14.3 Å². The molecule has 0 amide bonds. The van der Waals surface area contributed by atoms with Gasteiger partial charge in [0.05, 0.1) is 7.11 Å². The zero-order chi connectivity index (χ0) is 12.5. The van der Waals surface area contributed by atoms with E-state index in [1.54, 1.807) is 0 Å². The highest BCUT2D eigenvalue weighted by Gasteiger charge is 2.71. The first kappa shape index (κ1) is 12.9. The Morgan fingerprint density at radius 3 is 2.82 bits per heavy atom. The molecule has 98 valence electrons. The summed E-state index contributed by atoms with van der Waals surface area (Å²) in [6.45, 7) is 4.13. The molecule has 3 heteroatoms. The van der Waals surface area contributed by atoms with Crippen molar-refractivity contribution in [1.82, 2.24) is 0 Å². The molecule has 3 unspecified atom stereocenters. The molecule has 0 radical (unpaired) electrons. The van der Waals surface area contributed by atoms with E-state index < -0.39 is 5.60 Å². The number of methoxy groups -OCH3 is 1. The maximum Gasteiger partial charge on any atom is 0.340 e. The molecule has 0 aromatic carbocycles. The Bertz CT molecular complexity index is 302. The van der Waals surface area contributed by atoms with Gasteiger partial charge in [0, 0.05) is 0 Å². The molecule has 3 atom stereocenters. The van der Waals surface area contributed by atoms with Gasteiger partial charge in [-0.3, -0.25) is 0 Å². The van der Waals surface area contributed by atoms with Crippen molar-refractivity contribution in [3.8, 4) is 0 Å². The summed E-state index contributed by atoms with van der Waals surface area (Å²) in [5.41, 5.74) is -0.870. The summed E-state index contributed by atoms with van der Waals surface area (Å²) >= 11 is 0. The lowest BCUT2D eigenvalue weighted by atomic mass is 9.87. The van der Waals surface area contributed by atoms with Crippen molar-refractivity contribution in [2.24, 2.45) is 5.92 Å². The molecule has 3 nitrogen and oxygen atoms in total. The smallest absolute Gasteiger partial charge is 0.340 e. The molecule has 1 aliphatic heterocycles. The van der Waals surface area contributed by atoms with Crippen LogP contribution < -0.4 is 0 Å². The van der Waals surface area contributed by atoms with Crippen LogP contribution in [0.25, 0.3) is 0 Å². The first-order chi connectivity index (χ1) is 8.08. The number of ether oxygens (including phenoxy) is 2. The van der Waals surface area contributed by atoms with Crippen LogP contribution in [-0.4, -0.2) is 24.3 Å². The molecule has 0 N–H and O–H groups in total. The van der Waals surface area contributed by atoms with E-state index in [0.717, 1.165) is 18.8 Å². The first-order valence-corrected chi connectivity index (χ1v) is 6.86. The lowest BCUT2D eigenvalue weighted by molar-refractivity contribution is -0.146. The second-order valence-corrected chi connectivity index (χ2v) is 5.71. The second kappa shape index (κ2) is 4.60. The number of hydrogen-bond donors (Lipinski definition) is 0. The molecular formula is C14H24O3. The number of rotatable bonds is 3. The summed E-state index contributed by atoms with van der Waals surface area (Å²) in [7, 11) is 1.44. The predicted octanol–water partition coefficient (Wildman–Crippen LogP) is 3.07. The summed E-state index contributed by atoms with van der Waals surface area (Å²) in [4.78, 5) is 11.7. The third-order valence-corrected chi connectivity index (χ3v) is 4.65. The summed E-state index contributed by atoms with van der Waals surface area (Å²) in [6.07, 6.45) is 8.26.